The van der Waals surface area contributed by atoms with Gasteiger partial charge in [0.2, 0.25) is 5.91 Å². The number of hydrogen-bond donors (Lipinski definition) is 2. The molecule has 0 aliphatic carbocycles. The van der Waals surface area contributed by atoms with Crippen LogP contribution in [-0.2, 0) is 18.4 Å². The summed E-state index contributed by atoms with van der Waals surface area (Å²) in [6.07, 6.45) is 108. The number of phosphoric ester groups is 1. The third-order valence-electron chi connectivity index (χ3n) is 17.1. The van der Waals surface area contributed by atoms with Crippen LogP contribution < -0.4 is 10.2 Å². The molecule has 0 aliphatic heterocycles. The van der Waals surface area contributed by atoms with E-state index in [1.54, 1.807) is 6.08 Å². The zero-order valence-electron chi connectivity index (χ0n) is 61.0. The van der Waals surface area contributed by atoms with Crippen LogP contribution in [0.3, 0.4) is 0 Å². The molecule has 3 unspecified atom stereocenters. The van der Waals surface area contributed by atoms with Gasteiger partial charge in [0.25, 0.3) is 7.82 Å². The predicted octanol–water partition coefficient (Wildman–Crippen LogP) is 24.9. The van der Waals surface area contributed by atoms with Crippen molar-refractivity contribution < 1.29 is 32.9 Å². The molecule has 8 nitrogen and oxygen atoms in total. The summed E-state index contributed by atoms with van der Waals surface area (Å²) < 4.78 is 23.5. The van der Waals surface area contributed by atoms with Crippen molar-refractivity contribution in [1.29, 1.82) is 0 Å². The number of nitrogens with one attached hydrogen (secondary N) is 1. The molecule has 0 aromatic rings. The van der Waals surface area contributed by atoms with E-state index in [1.165, 1.54) is 238 Å². The summed E-state index contributed by atoms with van der Waals surface area (Å²) in [5.41, 5.74) is 0. The third-order valence-corrected chi connectivity index (χ3v) is 18.1. The molecular weight excluding hydrogens is 1150 g/mol. The third kappa shape index (κ3) is 74.3. The lowest BCUT2D eigenvalue weighted by molar-refractivity contribution is -0.870. The van der Waals surface area contributed by atoms with Gasteiger partial charge in [-0.3, -0.25) is 9.36 Å². The number of unbranched alkanes of at least 4 members (excludes halogenated alkanes) is 40. The summed E-state index contributed by atoms with van der Waals surface area (Å²) in [6, 6.07) is -0.917. The molecule has 0 rings (SSSR count). The number of phosphoric acid groups is 1. The second-order valence-electron chi connectivity index (χ2n) is 27.3. The number of carbonyl (C=O) groups excluding carboxylic acids is 1. The number of aliphatic hydroxyl groups excluding tert-OH is 1. The Morgan fingerprint density at radius 3 is 1.01 bits per heavy atom. The maximum Gasteiger partial charge on any atom is 0.268 e. The maximum atomic E-state index is 13.1. The number of aliphatic hydroxyl groups is 1. The molecule has 0 aromatic carbocycles. The molecular formula is C83H149N2O6P. The van der Waals surface area contributed by atoms with Crippen molar-refractivity contribution in [2.75, 3.05) is 40.9 Å². The first-order valence-corrected chi connectivity index (χ1v) is 40.4. The van der Waals surface area contributed by atoms with Gasteiger partial charge in [-0.05, 0) is 103 Å². The highest BCUT2D eigenvalue weighted by Gasteiger charge is 2.23. The Morgan fingerprint density at radius 1 is 0.391 bits per heavy atom. The lowest BCUT2D eigenvalue weighted by Gasteiger charge is -2.29. The zero-order valence-corrected chi connectivity index (χ0v) is 61.9. The number of allylic oxidation sites excluding steroid dienone is 19. The molecule has 0 bridgehead atoms. The summed E-state index contributed by atoms with van der Waals surface area (Å²) >= 11 is 0. The van der Waals surface area contributed by atoms with E-state index in [4.69, 9.17) is 9.05 Å². The van der Waals surface area contributed by atoms with Gasteiger partial charge in [0.05, 0.1) is 39.9 Å². The number of hydrogen-bond acceptors (Lipinski definition) is 6. The molecule has 532 valence electrons. The number of likely N-dealkylation sites (N-methyl/N-ethyl adjacent to an activating group) is 1. The lowest BCUT2D eigenvalue weighted by atomic mass is 10.0. The van der Waals surface area contributed by atoms with Crippen molar-refractivity contribution in [2.45, 2.75) is 360 Å². The fourth-order valence-corrected chi connectivity index (χ4v) is 11.9. The Kier molecular flexibility index (Phi) is 69.7. The SMILES string of the molecule is CC/C=C\C/C=C\C/C=C\C/C=C\C/C=C\C/C=C\C/C=C\CCCCCCCCCCCCCCCCCCCCCC(=O)NC(COP(=O)([O-])OCC[N+](C)(C)C)C(O)/C=C/CC/C=C/CC/C=C/CCCCCCCCCCCCCCCCCCCCC. The Balaban J connectivity index is 4.04. The van der Waals surface area contributed by atoms with Crippen LogP contribution in [-0.4, -0.2) is 68.5 Å². The zero-order chi connectivity index (χ0) is 66.9. The van der Waals surface area contributed by atoms with Gasteiger partial charge < -0.3 is 28.8 Å². The maximum absolute atomic E-state index is 13.1. The molecule has 0 heterocycles. The van der Waals surface area contributed by atoms with Gasteiger partial charge in [-0.2, -0.15) is 0 Å². The van der Waals surface area contributed by atoms with Crippen LogP contribution in [0.1, 0.15) is 348 Å². The van der Waals surface area contributed by atoms with Crippen LogP contribution in [0, 0.1) is 0 Å². The first-order valence-electron chi connectivity index (χ1n) is 38.9. The molecule has 0 aromatic heterocycles. The predicted molar refractivity (Wildman–Crippen MR) is 403 cm³/mol. The second-order valence-corrected chi connectivity index (χ2v) is 28.7. The quantitative estimate of drug-likeness (QED) is 0.0272. The van der Waals surface area contributed by atoms with Crippen molar-refractivity contribution in [1.82, 2.24) is 5.32 Å². The summed E-state index contributed by atoms with van der Waals surface area (Å²) in [7, 11) is 1.24. The van der Waals surface area contributed by atoms with Crippen molar-refractivity contribution in [3.63, 3.8) is 0 Å². The Bertz CT molecular complexity index is 1920. The highest BCUT2D eigenvalue weighted by Crippen LogP contribution is 2.38. The smallest absolute Gasteiger partial charge is 0.268 e. The number of amides is 1. The number of rotatable bonds is 71. The van der Waals surface area contributed by atoms with E-state index in [0.29, 0.717) is 17.4 Å². The lowest BCUT2D eigenvalue weighted by Crippen LogP contribution is -2.45. The fraction of sp³-hybridized carbons (Fsp3) is 0.747. The Hall–Kier alpha value is -3.10. The monoisotopic (exact) mass is 1300 g/mol. The van der Waals surface area contributed by atoms with E-state index in [2.05, 4.69) is 129 Å². The topological polar surface area (TPSA) is 108 Å². The molecule has 0 aliphatic rings. The van der Waals surface area contributed by atoms with E-state index >= 15 is 0 Å². The first-order chi connectivity index (χ1) is 45.0. The van der Waals surface area contributed by atoms with Crippen LogP contribution in [0.2, 0.25) is 0 Å². The van der Waals surface area contributed by atoms with Gasteiger partial charge in [-0.15, -0.1) is 0 Å². The van der Waals surface area contributed by atoms with Crippen molar-refractivity contribution in [3.05, 3.63) is 122 Å². The molecule has 9 heteroatoms. The van der Waals surface area contributed by atoms with Crippen molar-refractivity contribution in [3.8, 4) is 0 Å². The normalized spacial score (nSPS) is 14.2. The van der Waals surface area contributed by atoms with Gasteiger partial charge in [0, 0.05) is 6.42 Å². The highest BCUT2D eigenvalue weighted by atomic mass is 31.2. The molecule has 0 saturated carbocycles. The summed E-state index contributed by atoms with van der Waals surface area (Å²) in [5.74, 6) is -0.209. The van der Waals surface area contributed by atoms with E-state index < -0.39 is 26.6 Å². The minimum atomic E-state index is -4.62. The Labute approximate surface area is 571 Å². The molecule has 0 spiro atoms. The van der Waals surface area contributed by atoms with Crippen LogP contribution in [0.4, 0.5) is 0 Å². The van der Waals surface area contributed by atoms with Gasteiger partial charge in [-0.25, -0.2) is 0 Å². The molecule has 0 radical (unpaired) electrons. The van der Waals surface area contributed by atoms with Gasteiger partial charge in [0.1, 0.15) is 13.2 Å². The van der Waals surface area contributed by atoms with Crippen LogP contribution in [0.5, 0.6) is 0 Å². The molecule has 0 fully saturated rings. The average molecular weight is 1300 g/mol. The minimum Gasteiger partial charge on any atom is -0.756 e. The van der Waals surface area contributed by atoms with E-state index in [0.717, 1.165) is 89.9 Å². The van der Waals surface area contributed by atoms with E-state index in [1.807, 2.05) is 27.2 Å². The van der Waals surface area contributed by atoms with Crippen LogP contribution in [0.15, 0.2) is 122 Å². The number of carbonyl (C=O) groups is 1. The molecule has 2 N–H and O–H groups in total. The van der Waals surface area contributed by atoms with Crippen molar-refractivity contribution >= 4 is 13.7 Å². The Morgan fingerprint density at radius 2 is 0.674 bits per heavy atom. The van der Waals surface area contributed by atoms with Crippen LogP contribution in [0.25, 0.3) is 0 Å². The second kappa shape index (κ2) is 72.2. The van der Waals surface area contributed by atoms with Gasteiger partial charge in [0.15, 0.2) is 0 Å². The first kappa shape index (κ1) is 88.9. The molecule has 0 saturated heterocycles. The van der Waals surface area contributed by atoms with Crippen molar-refractivity contribution in [2.24, 2.45) is 0 Å². The van der Waals surface area contributed by atoms with E-state index in [9.17, 15) is 19.4 Å². The number of nitrogens with zero attached hydrogens (tertiary/aromatic N) is 1. The summed E-state index contributed by atoms with van der Waals surface area (Å²) in [5, 5.41) is 14.0. The van der Waals surface area contributed by atoms with E-state index in [-0.39, 0.29) is 12.5 Å². The minimum absolute atomic E-state index is 0.0117. The van der Waals surface area contributed by atoms with Gasteiger partial charge >= 0.3 is 0 Å². The fourth-order valence-electron chi connectivity index (χ4n) is 11.2. The highest BCUT2D eigenvalue weighted by molar-refractivity contribution is 7.45. The summed E-state index contributed by atoms with van der Waals surface area (Å²) in [4.78, 5) is 25.7. The van der Waals surface area contributed by atoms with Crippen LogP contribution >= 0.6 is 7.82 Å². The summed E-state index contributed by atoms with van der Waals surface area (Å²) in [6.45, 7) is 4.54. The average Bonchev–Trinajstić information content (AvgIpc) is 2.63. The largest absolute Gasteiger partial charge is 0.756 e. The standard InChI is InChI=1S/C83H149N2O6P/c1-6-8-10-12-14-16-18-20-22-24-26-28-30-32-34-36-37-38-39-40-41-42-43-44-45-46-47-49-51-53-55-57-59-61-63-65-67-69-71-73-75-77-83(87)84-81(80-91-92(88,89)90-79-78-85(3,4)5)82(86)76-74-72-70-68-66-64-62-60-58-56-54-52-50-48-35-33-31-29-27-25-23-21-19-17-15-13-11-9-7-2/h8,10,14,16,20,22,26,28,32,34,37-38,40-41,58,60,66,68,74,76,81-82,86H,6-7,9,11-13,15,17-19,21,23-25,27,29-31,33,35-36,39,42-57,59,61-65,67,69-73,75,77-80H2,1-5H3,(H-,84,87,88,89)/b10-8-,16-14-,22-20-,28-26-,34-32-,38-37-,41-40-,60-58+,68-66+,76-74+. The van der Waals surface area contributed by atoms with Gasteiger partial charge in [-0.1, -0.05) is 360 Å². The number of quaternary nitrogens is 1. The molecule has 3 atom stereocenters. The molecule has 92 heavy (non-hydrogen) atoms. The molecule has 1 amide bonds.